The van der Waals surface area contributed by atoms with E-state index in [0.29, 0.717) is 29.4 Å². The molecule has 0 bridgehead atoms. The molecule has 2 aromatic carbocycles. The predicted octanol–water partition coefficient (Wildman–Crippen LogP) is 4.37. The Morgan fingerprint density at radius 3 is 2.80 bits per heavy atom. The number of nitrogens with zero attached hydrogens (tertiary/aromatic N) is 2. The molecule has 154 valence electrons. The molecule has 1 atom stereocenters. The Labute approximate surface area is 178 Å². The van der Waals surface area contributed by atoms with Crippen LogP contribution in [0.5, 0.6) is 0 Å². The van der Waals surface area contributed by atoms with Gasteiger partial charge in [0.2, 0.25) is 11.8 Å². The number of amides is 2. The molecule has 2 amide bonds. The van der Waals surface area contributed by atoms with Gasteiger partial charge in [-0.2, -0.15) is 0 Å². The second-order valence-corrected chi connectivity index (χ2v) is 8.22. The molecule has 0 spiro atoms. The van der Waals surface area contributed by atoms with Crippen LogP contribution >= 0.6 is 11.3 Å². The van der Waals surface area contributed by atoms with Crippen LogP contribution in [0.2, 0.25) is 0 Å². The van der Waals surface area contributed by atoms with Crippen LogP contribution in [0.1, 0.15) is 18.5 Å². The first-order valence-electron chi connectivity index (χ1n) is 9.92. The minimum absolute atomic E-state index is 0.0386. The van der Waals surface area contributed by atoms with E-state index in [-0.39, 0.29) is 30.0 Å². The first-order valence-corrected chi connectivity index (χ1v) is 10.8. The molecule has 2 heterocycles. The Kier molecular flexibility index (Phi) is 6.18. The van der Waals surface area contributed by atoms with Gasteiger partial charge in [-0.25, -0.2) is 9.37 Å². The van der Waals surface area contributed by atoms with E-state index in [2.05, 4.69) is 10.3 Å². The van der Waals surface area contributed by atoms with E-state index < -0.39 is 0 Å². The lowest BCUT2D eigenvalue weighted by molar-refractivity contribution is -0.134. The first kappa shape index (κ1) is 20.2. The number of halogens is 1. The predicted molar refractivity (Wildman–Crippen MR) is 116 cm³/mol. The molecule has 1 aliphatic rings. The van der Waals surface area contributed by atoms with Crippen molar-refractivity contribution in [2.24, 2.45) is 5.92 Å². The lowest BCUT2D eigenvalue weighted by Gasteiger charge is -2.32. The number of anilines is 1. The summed E-state index contributed by atoms with van der Waals surface area (Å²) in [6.07, 6.45) is 1.74. The number of carbonyl (C=O) groups is 2. The van der Waals surface area contributed by atoms with Crippen molar-refractivity contribution in [1.29, 1.82) is 0 Å². The average Bonchev–Trinajstić information content (AvgIpc) is 3.23. The quantitative estimate of drug-likeness (QED) is 0.663. The van der Waals surface area contributed by atoms with E-state index in [1.54, 1.807) is 17.0 Å². The molecule has 5 nitrogen and oxygen atoms in total. The number of nitrogens with one attached hydrogen (secondary N) is 1. The monoisotopic (exact) mass is 423 g/mol. The number of thiazole rings is 1. The third-order valence-electron chi connectivity index (χ3n) is 5.14. The highest BCUT2D eigenvalue weighted by atomic mass is 32.1. The number of benzene rings is 2. The molecule has 1 fully saturated rings. The Hall–Kier alpha value is -3.06. The van der Waals surface area contributed by atoms with Crippen LogP contribution in [0, 0.1) is 11.7 Å². The molecule has 1 unspecified atom stereocenters. The summed E-state index contributed by atoms with van der Waals surface area (Å²) in [5.41, 5.74) is 2.13. The third kappa shape index (κ3) is 4.91. The molecule has 1 saturated heterocycles. The maximum absolute atomic E-state index is 13.4. The number of likely N-dealkylation sites (tertiary alicyclic amines) is 1. The summed E-state index contributed by atoms with van der Waals surface area (Å²) in [7, 11) is 0. The zero-order chi connectivity index (χ0) is 20.9. The van der Waals surface area contributed by atoms with Crippen LogP contribution in [0.15, 0.2) is 60.0 Å². The fourth-order valence-electron chi connectivity index (χ4n) is 3.59. The van der Waals surface area contributed by atoms with Gasteiger partial charge in [0.25, 0.3) is 0 Å². The second kappa shape index (κ2) is 9.17. The smallest absolute Gasteiger partial charge is 0.229 e. The van der Waals surface area contributed by atoms with Crippen LogP contribution in [0.4, 0.5) is 10.1 Å². The molecular weight excluding hydrogens is 401 g/mol. The summed E-state index contributed by atoms with van der Waals surface area (Å²) in [6.45, 7) is 1.06. The highest BCUT2D eigenvalue weighted by molar-refractivity contribution is 7.13. The van der Waals surface area contributed by atoms with Crippen molar-refractivity contribution in [3.8, 4) is 10.6 Å². The van der Waals surface area contributed by atoms with Gasteiger partial charge in [-0.1, -0.05) is 30.3 Å². The van der Waals surface area contributed by atoms with Crippen LogP contribution in [0.3, 0.4) is 0 Å². The lowest BCUT2D eigenvalue weighted by Crippen LogP contribution is -2.44. The van der Waals surface area contributed by atoms with Gasteiger partial charge in [0, 0.05) is 29.7 Å². The average molecular weight is 424 g/mol. The van der Waals surface area contributed by atoms with Gasteiger partial charge in [0.1, 0.15) is 10.8 Å². The molecule has 1 aromatic heterocycles. The molecule has 0 saturated carbocycles. The number of para-hydroxylation sites is 1. The van der Waals surface area contributed by atoms with E-state index in [9.17, 15) is 14.0 Å². The molecule has 1 aliphatic heterocycles. The maximum atomic E-state index is 13.4. The Morgan fingerprint density at radius 1 is 1.17 bits per heavy atom. The van der Waals surface area contributed by atoms with Crippen molar-refractivity contribution in [3.05, 3.63) is 71.5 Å². The summed E-state index contributed by atoms with van der Waals surface area (Å²) in [5, 5.41) is 5.45. The van der Waals surface area contributed by atoms with Crippen molar-refractivity contribution < 1.29 is 14.0 Å². The Bertz CT molecular complexity index is 1040. The van der Waals surface area contributed by atoms with E-state index in [1.165, 1.54) is 23.5 Å². The molecular formula is C23H22FN3O2S. The van der Waals surface area contributed by atoms with Crippen molar-refractivity contribution >= 4 is 28.8 Å². The summed E-state index contributed by atoms with van der Waals surface area (Å²) in [5.74, 6) is -0.626. The van der Waals surface area contributed by atoms with Gasteiger partial charge in [-0.05, 0) is 37.1 Å². The van der Waals surface area contributed by atoms with Gasteiger partial charge >= 0.3 is 0 Å². The minimum atomic E-state index is -0.312. The van der Waals surface area contributed by atoms with Crippen LogP contribution < -0.4 is 5.32 Å². The van der Waals surface area contributed by atoms with Crippen LogP contribution in [0.25, 0.3) is 10.6 Å². The van der Waals surface area contributed by atoms with E-state index >= 15 is 0 Å². The van der Waals surface area contributed by atoms with Gasteiger partial charge < -0.3 is 10.2 Å². The molecule has 0 radical (unpaired) electrons. The number of piperidine rings is 1. The number of rotatable bonds is 5. The highest BCUT2D eigenvalue weighted by Gasteiger charge is 2.28. The summed E-state index contributed by atoms with van der Waals surface area (Å²) in [6, 6.07) is 15.6. The SMILES string of the molecule is O=C(Nc1ccccc1)C1CCCN(C(=O)Cc2csc(-c3cccc(F)c3)n2)C1. The van der Waals surface area contributed by atoms with Crippen molar-refractivity contribution in [3.63, 3.8) is 0 Å². The molecule has 7 heteroatoms. The molecule has 4 rings (SSSR count). The zero-order valence-electron chi connectivity index (χ0n) is 16.4. The van der Waals surface area contributed by atoms with Gasteiger partial charge in [-0.3, -0.25) is 9.59 Å². The van der Waals surface area contributed by atoms with Crippen molar-refractivity contribution in [2.45, 2.75) is 19.3 Å². The molecule has 0 aliphatic carbocycles. The normalized spacial score (nSPS) is 16.3. The van der Waals surface area contributed by atoms with Gasteiger partial charge in [0.05, 0.1) is 18.0 Å². The zero-order valence-corrected chi connectivity index (χ0v) is 17.2. The molecule has 3 aromatic rings. The molecule has 30 heavy (non-hydrogen) atoms. The fraction of sp³-hybridized carbons (Fsp3) is 0.261. The number of carbonyl (C=O) groups excluding carboxylic acids is 2. The highest BCUT2D eigenvalue weighted by Crippen LogP contribution is 2.25. The van der Waals surface area contributed by atoms with Crippen LogP contribution in [-0.2, 0) is 16.0 Å². The largest absolute Gasteiger partial charge is 0.342 e. The number of hydrogen-bond acceptors (Lipinski definition) is 4. The first-order chi connectivity index (χ1) is 14.6. The maximum Gasteiger partial charge on any atom is 0.229 e. The van der Waals surface area contributed by atoms with E-state index in [1.807, 2.05) is 35.7 Å². The molecule has 1 N–H and O–H groups in total. The van der Waals surface area contributed by atoms with Gasteiger partial charge in [0.15, 0.2) is 0 Å². The van der Waals surface area contributed by atoms with Gasteiger partial charge in [-0.15, -0.1) is 11.3 Å². The van der Waals surface area contributed by atoms with Crippen LogP contribution in [-0.4, -0.2) is 34.8 Å². The second-order valence-electron chi connectivity index (χ2n) is 7.37. The number of hydrogen-bond donors (Lipinski definition) is 1. The summed E-state index contributed by atoms with van der Waals surface area (Å²) < 4.78 is 13.4. The standard InChI is InChI=1S/C23H22FN3O2S/c24-18-8-4-6-16(12-18)23-26-20(15-30-23)13-21(28)27-11-5-7-17(14-27)22(29)25-19-9-2-1-3-10-19/h1-4,6,8-10,12,15,17H,5,7,11,13-14H2,(H,25,29). The van der Waals surface area contributed by atoms with E-state index in [0.717, 1.165) is 18.5 Å². The van der Waals surface area contributed by atoms with Crippen molar-refractivity contribution in [2.75, 3.05) is 18.4 Å². The summed E-state index contributed by atoms with van der Waals surface area (Å²) >= 11 is 1.39. The third-order valence-corrected chi connectivity index (χ3v) is 6.08. The van der Waals surface area contributed by atoms with Crippen molar-refractivity contribution in [1.82, 2.24) is 9.88 Å². The number of aromatic nitrogens is 1. The topological polar surface area (TPSA) is 62.3 Å². The Morgan fingerprint density at radius 2 is 2.00 bits per heavy atom. The Balaban J connectivity index is 1.36. The summed E-state index contributed by atoms with van der Waals surface area (Å²) in [4.78, 5) is 31.6. The minimum Gasteiger partial charge on any atom is -0.342 e. The fourth-order valence-corrected chi connectivity index (χ4v) is 4.41. The lowest BCUT2D eigenvalue weighted by atomic mass is 9.96. The van der Waals surface area contributed by atoms with E-state index in [4.69, 9.17) is 0 Å².